The average Bonchev–Trinajstić information content (AvgIpc) is 2.96. The zero-order valence-electron chi connectivity index (χ0n) is 19.0. The molecular formula is C23H32N4O3. The largest absolute Gasteiger partial charge is 0.444 e. The van der Waals surface area contributed by atoms with Gasteiger partial charge in [-0.1, -0.05) is 39.0 Å². The number of anilines is 1. The van der Waals surface area contributed by atoms with Gasteiger partial charge in [-0.3, -0.25) is 9.48 Å². The predicted molar refractivity (Wildman–Crippen MR) is 117 cm³/mol. The number of amides is 2. The Hall–Kier alpha value is -2.83. The van der Waals surface area contributed by atoms with Gasteiger partial charge in [-0.2, -0.15) is 5.10 Å². The third kappa shape index (κ3) is 4.66. The molecule has 1 aromatic heterocycles. The first-order valence-corrected chi connectivity index (χ1v) is 10.3. The number of nitrogens with zero attached hydrogens (tertiary/aromatic N) is 3. The Morgan fingerprint density at radius 2 is 1.77 bits per heavy atom. The number of carbonyl (C=O) groups excluding carboxylic acids is 2. The van der Waals surface area contributed by atoms with Crippen molar-refractivity contribution in [3.05, 3.63) is 46.8 Å². The van der Waals surface area contributed by atoms with Crippen molar-refractivity contribution in [2.75, 3.05) is 11.9 Å². The molecule has 2 heterocycles. The Bertz CT molecular complexity index is 964. The van der Waals surface area contributed by atoms with E-state index in [2.05, 4.69) is 31.2 Å². The fraction of sp³-hybridized carbons (Fsp3) is 0.522. The Kier molecular flexibility index (Phi) is 5.67. The highest BCUT2D eigenvalue weighted by Crippen LogP contribution is 2.30. The van der Waals surface area contributed by atoms with Gasteiger partial charge in [0.2, 0.25) is 0 Å². The van der Waals surface area contributed by atoms with Gasteiger partial charge in [0.05, 0.1) is 6.54 Å². The second kappa shape index (κ2) is 7.78. The van der Waals surface area contributed by atoms with Crippen LogP contribution in [0.15, 0.2) is 24.3 Å². The highest BCUT2D eigenvalue weighted by molar-refractivity contribution is 6.04. The molecule has 0 bridgehead atoms. The van der Waals surface area contributed by atoms with Crippen LogP contribution >= 0.6 is 0 Å². The normalized spacial score (nSPS) is 14.3. The first kappa shape index (κ1) is 21.9. The molecule has 0 fully saturated rings. The second-order valence-electron chi connectivity index (χ2n) is 9.80. The molecule has 7 nitrogen and oxygen atoms in total. The van der Waals surface area contributed by atoms with Crippen molar-refractivity contribution < 1.29 is 14.3 Å². The molecule has 30 heavy (non-hydrogen) atoms. The van der Waals surface area contributed by atoms with Crippen LogP contribution in [0, 0.1) is 0 Å². The second-order valence-corrected chi connectivity index (χ2v) is 9.80. The Labute approximate surface area is 178 Å². The Balaban J connectivity index is 1.86. The van der Waals surface area contributed by atoms with Gasteiger partial charge in [-0.25, -0.2) is 4.79 Å². The van der Waals surface area contributed by atoms with Gasteiger partial charge >= 0.3 is 6.09 Å². The molecule has 162 valence electrons. The van der Waals surface area contributed by atoms with E-state index in [-0.39, 0.29) is 17.4 Å². The third-order valence-corrected chi connectivity index (χ3v) is 5.09. The lowest BCUT2D eigenvalue weighted by Crippen LogP contribution is -2.40. The molecule has 1 aliphatic heterocycles. The minimum absolute atomic E-state index is 0.110. The number of carbonyl (C=O) groups is 2. The number of benzene rings is 1. The topological polar surface area (TPSA) is 76.5 Å². The summed E-state index contributed by atoms with van der Waals surface area (Å²) in [6, 6.07) is 7.80. The molecule has 2 aromatic rings. The summed E-state index contributed by atoms with van der Waals surface area (Å²) >= 11 is 0. The number of aryl methyl sites for hydroxylation is 1. The summed E-state index contributed by atoms with van der Waals surface area (Å²) in [6.07, 6.45) is 0.255. The van der Waals surface area contributed by atoms with Gasteiger partial charge in [0, 0.05) is 37.0 Å². The molecule has 0 spiro atoms. The SMILES string of the molecule is Cn1nc(C(=O)Nc2ccccc2C(C)(C)C)c2c1CCN(C(=O)OC(C)(C)C)C2. The van der Waals surface area contributed by atoms with Crippen LogP contribution in [0.3, 0.4) is 0 Å². The molecule has 0 atom stereocenters. The van der Waals surface area contributed by atoms with Crippen LogP contribution in [0.4, 0.5) is 10.5 Å². The minimum atomic E-state index is -0.566. The van der Waals surface area contributed by atoms with E-state index in [1.54, 1.807) is 9.58 Å². The molecule has 2 amide bonds. The van der Waals surface area contributed by atoms with Crippen LogP contribution in [0.5, 0.6) is 0 Å². The monoisotopic (exact) mass is 412 g/mol. The summed E-state index contributed by atoms with van der Waals surface area (Å²) in [5, 5.41) is 7.50. The number of ether oxygens (including phenoxy) is 1. The highest BCUT2D eigenvalue weighted by Gasteiger charge is 2.32. The molecule has 0 unspecified atom stereocenters. The lowest BCUT2D eigenvalue weighted by Gasteiger charge is -2.30. The molecule has 7 heteroatoms. The van der Waals surface area contributed by atoms with Crippen LogP contribution in [0.1, 0.15) is 68.9 Å². The van der Waals surface area contributed by atoms with Crippen LogP contribution in [0.25, 0.3) is 0 Å². The predicted octanol–water partition coefficient (Wildman–Crippen LogP) is 4.26. The maximum atomic E-state index is 13.2. The smallest absolute Gasteiger partial charge is 0.410 e. The summed E-state index contributed by atoms with van der Waals surface area (Å²) in [5.74, 6) is -0.269. The van der Waals surface area contributed by atoms with Crippen LogP contribution in [0.2, 0.25) is 0 Å². The minimum Gasteiger partial charge on any atom is -0.444 e. The van der Waals surface area contributed by atoms with Crippen molar-refractivity contribution in [2.45, 2.75) is 65.5 Å². The van der Waals surface area contributed by atoms with E-state index in [0.717, 1.165) is 22.5 Å². The fourth-order valence-corrected chi connectivity index (χ4v) is 3.68. The molecule has 1 aliphatic rings. The van der Waals surface area contributed by atoms with E-state index >= 15 is 0 Å². The quantitative estimate of drug-likeness (QED) is 0.799. The van der Waals surface area contributed by atoms with Crippen molar-refractivity contribution in [1.29, 1.82) is 0 Å². The fourth-order valence-electron chi connectivity index (χ4n) is 3.68. The molecular weight excluding hydrogens is 380 g/mol. The first-order chi connectivity index (χ1) is 13.9. The Morgan fingerprint density at radius 1 is 1.10 bits per heavy atom. The van der Waals surface area contributed by atoms with E-state index in [4.69, 9.17) is 4.74 Å². The Morgan fingerprint density at radius 3 is 2.40 bits per heavy atom. The van der Waals surface area contributed by atoms with E-state index in [1.165, 1.54) is 0 Å². The van der Waals surface area contributed by atoms with E-state index in [1.807, 2.05) is 52.1 Å². The summed E-state index contributed by atoms with van der Waals surface area (Å²) in [4.78, 5) is 27.3. The van der Waals surface area contributed by atoms with E-state index in [0.29, 0.717) is 25.2 Å². The van der Waals surface area contributed by atoms with E-state index in [9.17, 15) is 9.59 Å². The molecule has 0 radical (unpaired) electrons. The first-order valence-electron chi connectivity index (χ1n) is 10.3. The molecule has 0 aliphatic carbocycles. The number of aromatic nitrogens is 2. The zero-order chi connectivity index (χ0) is 22.3. The summed E-state index contributed by atoms with van der Waals surface area (Å²) < 4.78 is 7.25. The molecule has 0 saturated heterocycles. The highest BCUT2D eigenvalue weighted by atomic mass is 16.6. The van der Waals surface area contributed by atoms with Gasteiger partial charge in [0.1, 0.15) is 5.60 Å². The molecule has 0 saturated carbocycles. The van der Waals surface area contributed by atoms with Crippen molar-refractivity contribution in [2.24, 2.45) is 7.05 Å². The van der Waals surface area contributed by atoms with E-state index < -0.39 is 5.60 Å². The van der Waals surface area contributed by atoms with Crippen LogP contribution in [-0.2, 0) is 30.2 Å². The number of fused-ring (bicyclic) bond motifs is 1. The number of hydrogen-bond donors (Lipinski definition) is 1. The number of hydrogen-bond acceptors (Lipinski definition) is 4. The third-order valence-electron chi connectivity index (χ3n) is 5.09. The lowest BCUT2D eigenvalue weighted by atomic mass is 9.86. The summed E-state index contributed by atoms with van der Waals surface area (Å²) in [5.41, 5.74) is 3.26. The lowest BCUT2D eigenvalue weighted by molar-refractivity contribution is 0.0222. The van der Waals surface area contributed by atoms with Gasteiger partial charge in [-0.15, -0.1) is 0 Å². The van der Waals surface area contributed by atoms with Crippen molar-refractivity contribution in [3.63, 3.8) is 0 Å². The van der Waals surface area contributed by atoms with Crippen LogP contribution < -0.4 is 5.32 Å². The van der Waals surface area contributed by atoms with Crippen molar-refractivity contribution >= 4 is 17.7 Å². The molecule has 1 aromatic carbocycles. The number of para-hydroxylation sites is 1. The molecule has 3 rings (SSSR count). The zero-order valence-corrected chi connectivity index (χ0v) is 19.0. The number of rotatable bonds is 2. The maximum Gasteiger partial charge on any atom is 0.410 e. The van der Waals surface area contributed by atoms with Gasteiger partial charge in [0.25, 0.3) is 5.91 Å². The van der Waals surface area contributed by atoms with Gasteiger partial charge in [0.15, 0.2) is 5.69 Å². The van der Waals surface area contributed by atoms with Crippen LogP contribution in [-0.4, -0.2) is 38.8 Å². The standard InChI is InChI=1S/C23H32N4O3/c1-22(2,3)16-10-8-9-11-17(16)24-20(28)19-15-14-27(21(29)30-23(4,5)6)13-12-18(15)26(7)25-19/h8-11H,12-14H2,1-7H3,(H,24,28). The van der Waals surface area contributed by atoms with Gasteiger partial charge in [-0.05, 0) is 37.8 Å². The van der Waals surface area contributed by atoms with Gasteiger partial charge < -0.3 is 15.0 Å². The summed E-state index contributed by atoms with van der Waals surface area (Å²) in [6.45, 7) is 12.7. The molecule has 1 N–H and O–H groups in total. The summed E-state index contributed by atoms with van der Waals surface area (Å²) in [7, 11) is 1.84. The van der Waals surface area contributed by atoms with Crippen molar-refractivity contribution in [3.8, 4) is 0 Å². The number of nitrogens with one attached hydrogen (secondary N) is 1. The average molecular weight is 413 g/mol. The maximum absolute atomic E-state index is 13.2. The van der Waals surface area contributed by atoms with Crippen molar-refractivity contribution in [1.82, 2.24) is 14.7 Å².